The smallest absolute Gasteiger partial charge is 0.256 e. The van der Waals surface area contributed by atoms with Crippen molar-refractivity contribution in [3.63, 3.8) is 0 Å². The average molecular weight is 341 g/mol. The van der Waals surface area contributed by atoms with Gasteiger partial charge in [-0.1, -0.05) is 17.8 Å². The van der Waals surface area contributed by atoms with Crippen LogP contribution in [0.1, 0.15) is 22.5 Å². The molecule has 0 aliphatic heterocycles. The molecule has 0 bridgehead atoms. The van der Waals surface area contributed by atoms with Gasteiger partial charge in [-0.15, -0.1) is 10.2 Å². The maximum absolute atomic E-state index is 12.2. The molecule has 0 aliphatic rings. The van der Waals surface area contributed by atoms with Gasteiger partial charge < -0.3 is 5.32 Å². The van der Waals surface area contributed by atoms with E-state index in [2.05, 4.69) is 20.5 Å². The van der Waals surface area contributed by atoms with Crippen LogP contribution in [0.5, 0.6) is 0 Å². The number of aromatic nitrogens is 4. The number of benzene rings is 1. The third-order valence-electron chi connectivity index (χ3n) is 3.79. The lowest BCUT2D eigenvalue weighted by Crippen LogP contribution is -2.14. The minimum Gasteiger partial charge on any atom is -0.325 e. The highest BCUT2D eigenvalue weighted by atomic mass is 32.2. The number of thioether (sulfide) groups is 1. The summed E-state index contributed by atoms with van der Waals surface area (Å²) in [4.78, 5) is 16.5. The maximum atomic E-state index is 12.2. The Morgan fingerprint density at radius 1 is 1.12 bits per heavy atom. The average Bonchev–Trinajstić information content (AvgIpc) is 2.92. The quantitative estimate of drug-likeness (QED) is 0.738. The summed E-state index contributed by atoms with van der Waals surface area (Å²) in [6.07, 6.45) is 0. The van der Waals surface area contributed by atoms with Gasteiger partial charge in [-0.3, -0.25) is 9.20 Å². The molecule has 0 radical (unpaired) electrons. The van der Waals surface area contributed by atoms with Crippen molar-refractivity contribution >= 4 is 29.1 Å². The van der Waals surface area contributed by atoms with E-state index in [9.17, 15) is 4.79 Å². The number of aryl methyl sites for hydroxylation is 4. The van der Waals surface area contributed by atoms with Crippen LogP contribution in [-0.4, -0.2) is 31.2 Å². The molecule has 1 N–H and O–H groups in total. The van der Waals surface area contributed by atoms with E-state index in [0.717, 1.165) is 22.6 Å². The second-order valence-electron chi connectivity index (χ2n) is 5.79. The maximum Gasteiger partial charge on any atom is 0.256 e. The van der Waals surface area contributed by atoms with Gasteiger partial charge in [0, 0.05) is 17.1 Å². The van der Waals surface area contributed by atoms with E-state index >= 15 is 0 Å². The Morgan fingerprint density at radius 3 is 2.67 bits per heavy atom. The number of anilines is 1. The van der Waals surface area contributed by atoms with Crippen LogP contribution in [-0.2, 0) is 4.79 Å². The molecule has 0 aliphatic carbocycles. The van der Waals surface area contributed by atoms with Crippen LogP contribution >= 0.6 is 11.8 Å². The Hall–Kier alpha value is -2.41. The van der Waals surface area contributed by atoms with Gasteiger partial charge in [-0.05, 0) is 57.0 Å². The van der Waals surface area contributed by atoms with Crippen molar-refractivity contribution < 1.29 is 4.79 Å². The summed E-state index contributed by atoms with van der Waals surface area (Å²) in [6.45, 7) is 7.97. The first-order valence-corrected chi connectivity index (χ1v) is 8.62. The Labute approximate surface area is 144 Å². The fourth-order valence-electron chi connectivity index (χ4n) is 2.44. The van der Waals surface area contributed by atoms with Crippen LogP contribution in [0.25, 0.3) is 5.78 Å². The van der Waals surface area contributed by atoms with Crippen molar-refractivity contribution in [1.82, 2.24) is 19.6 Å². The van der Waals surface area contributed by atoms with Crippen LogP contribution in [0, 0.1) is 27.7 Å². The van der Waals surface area contributed by atoms with Gasteiger partial charge in [0.15, 0.2) is 5.16 Å². The molecule has 124 valence electrons. The molecule has 6 nitrogen and oxygen atoms in total. The third-order valence-corrected chi connectivity index (χ3v) is 4.72. The fourth-order valence-corrected chi connectivity index (χ4v) is 3.23. The zero-order valence-electron chi connectivity index (χ0n) is 14.1. The number of carbonyl (C=O) groups is 1. The second kappa shape index (κ2) is 6.60. The summed E-state index contributed by atoms with van der Waals surface area (Å²) in [7, 11) is 0. The molecular formula is C17H19N5OS. The lowest BCUT2D eigenvalue weighted by Gasteiger charge is -2.07. The normalized spacial score (nSPS) is 11.0. The van der Waals surface area contributed by atoms with Crippen LogP contribution in [0.15, 0.2) is 29.4 Å². The predicted octanol–water partition coefficient (Wildman–Crippen LogP) is 3.09. The number of carbonyl (C=O) groups excluding carboxylic acids is 1. The molecule has 0 spiro atoms. The van der Waals surface area contributed by atoms with E-state index in [1.807, 2.05) is 56.4 Å². The first-order valence-electron chi connectivity index (χ1n) is 7.63. The van der Waals surface area contributed by atoms with Crippen molar-refractivity contribution in [1.29, 1.82) is 0 Å². The SMILES string of the molecule is Cc1cc(C)n2c(SCC(=O)Nc3ccc(C)c(C)c3)nnc2n1. The summed E-state index contributed by atoms with van der Waals surface area (Å²) < 4.78 is 1.86. The predicted molar refractivity (Wildman–Crippen MR) is 95.5 cm³/mol. The molecule has 0 unspecified atom stereocenters. The highest BCUT2D eigenvalue weighted by Gasteiger charge is 2.12. The van der Waals surface area contributed by atoms with E-state index in [-0.39, 0.29) is 11.7 Å². The molecule has 0 saturated heterocycles. The molecule has 0 atom stereocenters. The topological polar surface area (TPSA) is 72.2 Å². The molecule has 7 heteroatoms. The van der Waals surface area contributed by atoms with Gasteiger partial charge in [-0.25, -0.2) is 4.98 Å². The molecule has 0 saturated carbocycles. The van der Waals surface area contributed by atoms with Crippen LogP contribution in [0.3, 0.4) is 0 Å². The van der Waals surface area contributed by atoms with E-state index in [0.29, 0.717) is 10.9 Å². The lowest BCUT2D eigenvalue weighted by molar-refractivity contribution is -0.113. The highest BCUT2D eigenvalue weighted by molar-refractivity contribution is 7.99. The molecule has 24 heavy (non-hydrogen) atoms. The standard InChI is InChI=1S/C17H19N5OS/c1-10-5-6-14(7-11(10)2)19-15(23)9-24-17-21-20-16-18-12(3)8-13(4)22(16)17/h5-8H,9H2,1-4H3,(H,19,23). The second-order valence-corrected chi connectivity index (χ2v) is 6.74. The number of fused-ring (bicyclic) bond motifs is 1. The van der Waals surface area contributed by atoms with E-state index in [1.165, 1.54) is 17.3 Å². The Morgan fingerprint density at radius 2 is 1.92 bits per heavy atom. The number of amides is 1. The van der Waals surface area contributed by atoms with E-state index in [1.54, 1.807) is 0 Å². The first-order chi connectivity index (χ1) is 11.4. The van der Waals surface area contributed by atoms with Crippen molar-refractivity contribution in [2.24, 2.45) is 0 Å². The van der Waals surface area contributed by atoms with Gasteiger partial charge in [-0.2, -0.15) is 0 Å². The summed E-state index contributed by atoms with van der Waals surface area (Å²) >= 11 is 1.35. The summed E-state index contributed by atoms with van der Waals surface area (Å²) in [6, 6.07) is 7.85. The van der Waals surface area contributed by atoms with Crippen LogP contribution < -0.4 is 5.32 Å². The molecule has 2 aromatic heterocycles. The van der Waals surface area contributed by atoms with Crippen molar-refractivity contribution in [2.45, 2.75) is 32.9 Å². The lowest BCUT2D eigenvalue weighted by atomic mass is 10.1. The molecule has 1 amide bonds. The zero-order valence-corrected chi connectivity index (χ0v) is 14.9. The first kappa shape index (κ1) is 16.4. The minimum atomic E-state index is -0.0715. The Balaban J connectivity index is 1.69. The van der Waals surface area contributed by atoms with Crippen molar-refractivity contribution in [2.75, 3.05) is 11.1 Å². The van der Waals surface area contributed by atoms with E-state index < -0.39 is 0 Å². The van der Waals surface area contributed by atoms with Gasteiger partial charge in [0.25, 0.3) is 5.78 Å². The minimum absolute atomic E-state index is 0.0715. The molecule has 3 aromatic rings. The third kappa shape index (κ3) is 3.41. The molecule has 2 heterocycles. The van der Waals surface area contributed by atoms with Crippen molar-refractivity contribution in [3.05, 3.63) is 46.8 Å². The van der Waals surface area contributed by atoms with Gasteiger partial charge >= 0.3 is 0 Å². The van der Waals surface area contributed by atoms with Gasteiger partial charge in [0.05, 0.1) is 5.75 Å². The number of nitrogens with zero attached hydrogens (tertiary/aromatic N) is 4. The van der Waals surface area contributed by atoms with Crippen LogP contribution in [0.4, 0.5) is 5.69 Å². The van der Waals surface area contributed by atoms with E-state index in [4.69, 9.17) is 0 Å². The zero-order chi connectivity index (χ0) is 17.3. The summed E-state index contributed by atoms with van der Waals surface area (Å²) in [5.41, 5.74) is 5.07. The highest BCUT2D eigenvalue weighted by Crippen LogP contribution is 2.19. The molecule has 3 rings (SSSR count). The molecule has 1 aromatic carbocycles. The summed E-state index contributed by atoms with van der Waals surface area (Å²) in [5.74, 6) is 0.753. The Bertz CT molecular complexity index is 919. The molecular weight excluding hydrogens is 322 g/mol. The number of rotatable bonds is 4. The monoisotopic (exact) mass is 341 g/mol. The fraction of sp³-hybridized carbons (Fsp3) is 0.294. The van der Waals surface area contributed by atoms with Crippen LogP contribution in [0.2, 0.25) is 0 Å². The number of hydrogen-bond donors (Lipinski definition) is 1. The number of hydrogen-bond acceptors (Lipinski definition) is 5. The molecule has 0 fully saturated rings. The Kier molecular flexibility index (Phi) is 4.53. The van der Waals surface area contributed by atoms with Gasteiger partial charge in [0.1, 0.15) is 0 Å². The van der Waals surface area contributed by atoms with Gasteiger partial charge in [0.2, 0.25) is 5.91 Å². The summed E-state index contributed by atoms with van der Waals surface area (Å²) in [5, 5.41) is 11.8. The van der Waals surface area contributed by atoms with Crippen molar-refractivity contribution in [3.8, 4) is 0 Å². The number of nitrogens with one attached hydrogen (secondary N) is 1. The largest absolute Gasteiger partial charge is 0.325 e.